The molecule has 2 aliphatic rings. The van der Waals surface area contributed by atoms with Crippen molar-refractivity contribution in [2.45, 2.75) is 66.2 Å². The van der Waals surface area contributed by atoms with Crippen LogP contribution >= 0.6 is 0 Å². The normalized spacial score (nSPS) is 18.8. The zero-order valence-corrected chi connectivity index (χ0v) is 19.6. The third-order valence-electron chi connectivity index (χ3n) is 7.78. The minimum Gasteiger partial charge on any atom is -0.371 e. The minimum atomic E-state index is 0.916. The Kier molecular flexibility index (Phi) is 6.71. The van der Waals surface area contributed by atoms with Crippen molar-refractivity contribution in [3.8, 4) is 0 Å². The lowest BCUT2D eigenvalue weighted by atomic mass is 9.78. The van der Waals surface area contributed by atoms with Crippen molar-refractivity contribution >= 4 is 11.4 Å². The van der Waals surface area contributed by atoms with Gasteiger partial charge in [0.2, 0.25) is 0 Å². The van der Waals surface area contributed by atoms with Gasteiger partial charge in [0.25, 0.3) is 0 Å². The van der Waals surface area contributed by atoms with E-state index < -0.39 is 0 Å². The number of hydrogen-bond acceptors (Lipinski definition) is 2. The van der Waals surface area contributed by atoms with Gasteiger partial charge in [-0.05, 0) is 86.5 Å². The fourth-order valence-electron chi connectivity index (χ4n) is 6.11. The van der Waals surface area contributed by atoms with Crippen LogP contribution in [0, 0.1) is 25.7 Å². The van der Waals surface area contributed by atoms with Crippen LogP contribution in [0.15, 0.2) is 36.4 Å². The van der Waals surface area contributed by atoms with Crippen LogP contribution in [0.2, 0.25) is 0 Å². The Labute approximate surface area is 184 Å². The molecule has 4 rings (SSSR count). The van der Waals surface area contributed by atoms with Crippen LogP contribution in [0.3, 0.4) is 0 Å². The van der Waals surface area contributed by atoms with E-state index >= 15 is 0 Å². The number of piperidine rings is 2. The van der Waals surface area contributed by atoms with E-state index in [0.29, 0.717) is 0 Å². The zero-order valence-electron chi connectivity index (χ0n) is 19.6. The fraction of sp³-hybridized carbons (Fsp3) is 0.571. The fourth-order valence-corrected chi connectivity index (χ4v) is 6.11. The van der Waals surface area contributed by atoms with Crippen molar-refractivity contribution in [2.24, 2.45) is 11.8 Å². The molecule has 0 aliphatic carbocycles. The second-order valence-electron chi connectivity index (χ2n) is 9.52. The first-order chi connectivity index (χ1) is 14.6. The minimum absolute atomic E-state index is 0.916. The van der Waals surface area contributed by atoms with Crippen LogP contribution in [-0.2, 0) is 12.8 Å². The first-order valence-corrected chi connectivity index (χ1v) is 12.3. The van der Waals surface area contributed by atoms with Gasteiger partial charge in [0.05, 0.1) is 0 Å². The van der Waals surface area contributed by atoms with Gasteiger partial charge >= 0.3 is 0 Å². The van der Waals surface area contributed by atoms with Crippen molar-refractivity contribution in [3.63, 3.8) is 0 Å². The second kappa shape index (κ2) is 9.45. The molecule has 0 saturated carbocycles. The topological polar surface area (TPSA) is 6.48 Å². The lowest BCUT2D eigenvalue weighted by Gasteiger charge is -2.42. The van der Waals surface area contributed by atoms with E-state index in [-0.39, 0.29) is 0 Å². The Morgan fingerprint density at radius 3 is 1.47 bits per heavy atom. The number of rotatable bonds is 5. The number of anilines is 2. The summed E-state index contributed by atoms with van der Waals surface area (Å²) in [4.78, 5) is 5.36. The molecule has 0 N–H and O–H groups in total. The van der Waals surface area contributed by atoms with E-state index in [1.807, 2.05) is 0 Å². The lowest BCUT2D eigenvalue weighted by molar-refractivity contribution is 0.233. The summed E-state index contributed by atoms with van der Waals surface area (Å²) in [7, 11) is 0. The molecule has 0 radical (unpaired) electrons. The van der Waals surface area contributed by atoms with Crippen LogP contribution in [-0.4, -0.2) is 26.2 Å². The number of hydrogen-bond donors (Lipinski definition) is 0. The molecule has 2 saturated heterocycles. The Morgan fingerprint density at radius 1 is 0.633 bits per heavy atom. The van der Waals surface area contributed by atoms with E-state index in [4.69, 9.17) is 0 Å². The third kappa shape index (κ3) is 4.24. The van der Waals surface area contributed by atoms with Crippen molar-refractivity contribution in [3.05, 3.63) is 58.7 Å². The largest absolute Gasteiger partial charge is 0.371 e. The summed E-state index contributed by atoms with van der Waals surface area (Å²) in [5.74, 6) is 1.83. The van der Waals surface area contributed by atoms with Gasteiger partial charge in [-0.1, -0.05) is 50.2 Å². The van der Waals surface area contributed by atoms with E-state index in [1.165, 1.54) is 79.8 Å². The molecule has 0 unspecified atom stereocenters. The molecule has 2 fully saturated rings. The Morgan fingerprint density at radius 2 is 1.03 bits per heavy atom. The average Bonchev–Trinajstić information content (AvgIpc) is 2.79. The van der Waals surface area contributed by atoms with Crippen LogP contribution < -0.4 is 9.80 Å². The Hall–Kier alpha value is -1.96. The molecule has 2 aromatic carbocycles. The maximum atomic E-state index is 2.71. The molecule has 0 spiro atoms. The molecular weight excluding hydrogens is 364 g/mol. The predicted molar refractivity (Wildman–Crippen MR) is 131 cm³/mol. The smallest absolute Gasteiger partial charge is 0.0431 e. The zero-order chi connectivity index (χ0) is 21.1. The summed E-state index contributed by atoms with van der Waals surface area (Å²) in [6.45, 7) is 14.1. The monoisotopic (exact) mass is 404 g/mol. The number of nitrogens with zero attached hydrogens (tertiary/aromatic N) is 2. The van der Waals surface area contributed by atoms with Crippen LogP contribution in [0.25, 0.3) is 0 Å². The molecule has 162 valence electrons. The molecule has 2 aliphatic heterocycles. The van der Waals surface area contributed by atoms with Gasteiger partial charge < -0.3 is 9.80 Å². The van der Waals surface area contributed by atoms with Crippen LogP contribution in [0.4, 0.5) is 11.4 Å². The average molecular weight is 405 g/mol. The standard InChI is InChI=1S/C28H40N2/c1-5-23-11-8-12-24(6-2)28(23)30-19-15-26(16-20-30)25-13-17-29(18-14-25)27-21(3)9-7-10-22(27)4/h7-12,25-26H,5-6,13-20H2,1-4H3. The summed E-state index contributed by atoms with van der Waals surface area (Å²) in [6, 6.07) is 13.6. The highest BCUT2D eigenvalue weighted by Crippen LogP contribution is 2.37. The van der Waals surface area contributed by atoms with Crippen molar-refractivity contribution in [1.29, 1.82) is 0 Å². The number of aryl methyl sites for hydroxylation is 4. The summed E-state index contributed by atoms with van der Waals surface area (Å²) in [5, 5.41) is 0. The van der Waals surface area contributed by atoms with E-state index in [1.54, 1.807) is 5.69 Å². The quantitative estimate of drug-likeness (QED) is 0.557. The highest BCUT2D eigenvalue weighted by molar-refractivity contribution is 5.60. The van der Waals surface area contributed by atoms with Gasteiger partial charge in [0.15, 0.2) is 0 Å². The molecule has 2 heterocycles. The molecule has 2 nitrogen and oxygen atoms in total. The molecule has 0 bridgehead atoms. The number of para-hydroxylation sites is 2. The van der Waals surface area contributed by atoms with Gasteiger partial charge in [-0.2, -0.15) is 0 Å². The Balaban J connectivity index is 1.36. The summed E-state index contributed by atoms with van der Waals surface area (Å²) in [6.07, 6.45) is 7.75. The van der Waals surface area contributed by atoms with Crippen LogP contribution in [0.1, 0.15) is 61.8 Å². The summed E-state index contributed by atoms with van der Waals surface area (Å²) in [5.41, 5.74) is 9.00. The van der Waals surface area contributed by atoms with E-state index in [9.17, 15) is 0 Å². The first-order valence-electron chi connectivity index (χ1n) is 12.3. The second-order valence-corrected chi connectivity index (χ2v) is 9.52. The number of benzene rings is 2. The van der Waals surface area contributed by atoms with Gasteiger partial charge in [-0.15, -0.1) is 0 Å². The van der Waals surface area contributed by atoms with Crippen LogP contribution in [0.5, 0.6) is 0 Å². The molecular formula is C28H40N2. The van der Waals surface area contributed by atoms with Gasteiger partial charge in [-0.3, -0.25) is 0 Å². The highest BCUT2D eigenvalue weighted by Gasteiger charge is 2.31. The molecule has 0 atom stereocenters. The molecule has 0 aromatic heterocycles. The maximum Gasteiger partial charge on any atom is 0.0431 e. The summed E-state index contributed by atoms with van der Waals surface area (Å²) < 4.78 is 0. The predicted octanol–water partition coefficient (Wildman–Crippen LogP) is 6.56. The molecule has 0 amide bonds. The molecule has 2 heteroatoms. The van der Waals surface area contributed by atoms with E-state index in [2.05, 4.69) is 73.9 Å². The van der Waals surface area contributed by atoms with Gasteiger partial charge in [0, 0.05) is 37.6 Å². The highest BCUT2D eigenvalue weighted by atomic mass is 15.1. The third-order valence-corrected chi connectivity index (χ3v) is 7.78. The molecule has 30 heavy (non-hydrogen) atoms. The maximum absolute atomic E-state index is 2.71. The Bertz CT molecular complexity index is 797. The van der Waals surface area contributed by atoms with Gasteiger partial charge in [-0.25, -0.2) is 0 Å². The van der Waals surface area contributed by atoms with Gasteiger partial charge in [0.1, 0.15) is 0 Å². The van der Waals surface area contributed by atoms with Crippen molar-refractivity contribution in [1.82, 2.24) is 0 Å². The van der Waals surface area contributed by atoms with Crippen molar-refractivity contribution < 1.29 is 0 Å². The van der Waals surface area contributed by atoms with Crippen molar-refractivity contribution in [2.75, 3.05) is 36.0 Å². The molecule has 2 aromatic rings. The van der Waals surface area contributed by atoms with E-state index in [0.717, 1.165) is 24.7 Å². The summed E-state index contributed by atoms with van der Waals surface area (Å²) >= 11 is 0. The lowest BCUT2D eigenvalue weighted by Crippen LogP contribution is -2.41. The SMILES string of the molecule is CCc1cccc(CC)c1N1CCC(C2CCN(c3c(C)cccc3C)CC2)CC1. The first kappa shape index (κ1) is 21.3.